The number of rotatable bonds is 10. The maximum absolute atomic E-state index is 5.41. The predicted molar refractivity (Wildman–Crippen MR) is 88.5 cm³/mol. The fraction of sp³-hybridized carbons (Fsp3) is 0.562. The van der Waals surface area contributed by atoms with Crippen LogP contribution in [-0.2, 0) is 16.0 Å². The molecule has 1 aromatic carbocycles. The van der Waals surface area contributed by atoms with Gasteiger partial charge in [-0.05, 0) is 24.1 Å². The Bertz CT molecular complexity index is 438. The van der Waals surface area contributed by atoms with Crippen LogP contribution in [0.1, 0.15) is 12.0 Å². The van der Waals surface area contributed by atoms with Crippen LogP contribution in [0.4, 0.5) is 0 Å². The summed E-state index contributed by atoms with van der Waals surface area (Å²) in [5, 5.41) is 6.53. The standard InChI is InChI=1S/C16H27N3O3/c1-17-16(18-8-5-9-22-11-10-20-2)19-13-14-6-4-7-15(12-14)21-3/h4,6-7,12H,5,8-11,13H2,1-3H3,(H2,17,18,19). The van der Waals surface area contributed by atoms with Gasteiger partial charge in [0.05, 0.1) is 20.3 Å². The van der Waals surface area contributed by atoms with Gasteiger partial charge in [0.25, 0.3) is 0 Å². The minimum Gasteiger partial charge on any atom is -0.497 e. The Hall–Kier alpha value is -1.79. The Kier molecular flexibility index (Phi) is 9.81. The summed E-state index contributed by atoms with van der Waals surface area (Å²) < 4.78 is 15.5. The zero-order chi connectivity index (χ0) is 16.0. The van der Waals surface area contributed by atoms with Gasteiger partial charge in [0.2, 0.25) is 0 Å². The molecule has 0 unspecified atom stereocenters. The minimum atomic E-state index is 0.636. The summed E-state index contributed by atoms with van der Waals surface area (Å²) in [7, 11) is 5.10. The predicted octanol–water partition coefficient (Wildman–Crippen LogP) is 1.41. The maximum atomic E-state index is 5.41. The fourth-order valence-electron chi connectivity index (χ4n) is 1.81. The summed E-state index contributed by atoms with van der Waals surface area (Å²) in [6, 6.07) is 7.96. The van der Waals surface area contributed by atoms with Crippen LogP contribution in [0, 0.1) is 0 Å². The highest BCUT2D eigenvalue weighted by Gasteiger charge is 1.99. The Balaban J connectivity index is 2.19. The molecule has 0 amide bonds. The Morgan fingerprint density at radius 3 is 2.73 bits per heavy atom. The van der Waals surface area contributed by atoms with Gasteiger partial charge < -0.3 is 24.8 Å². The van der Waals surface area contributed by atoms with E-state index in [0.29, 0.717) is 26.4 Å². The second-order valence-electron chi connectivity index (χ2n) is 4.66. The highest BCUT2D eigenvalue weighted by atomic mass is 16.5. The van der Waals surface area contributed by atoms with Crippen molar-refractivity contribution in [2.45, 2.75) is 13.0 Å². The normalized spacial score (nSPS) is 11.3. The first-order valence-corrected chi connectivity index (χ1v) is 7.44. The van der Waals surface area contributed by atoms with E-state index in [1.807, 2.05) is 24.3 Å². The first-order chi connectivity index (χ1) is 10.8. The molecule has 0 aliphatic heterocycles. The third-order valence-electron chi connectivity index (χ3n) is 3.01. The van der Waals surface area contributed by atoms with Crippen LogP contribution in [0.5, 0.6) is 5.75 Å². The molecule has 0 radical (unpaired) electrons. The lowest BCUT2D eigenvalue weighted by molar-refractivity contribution is 0.0698. The molecule has 1 rings (SSSR count). The highest BCUT2D eigenvalue weighted by Crippen LogP contribution is 2.11. The van der Waals surface area contributed by atoms with Gasteiger partial charge in [-0.3, -0.25) is 4.99 Å². The van der Waals surface area contributed by atoms with Crippen molar-refractivity contribution in [2.24, 2.45) is 4.99 Å². The molecule has 0 aliphatic rings. The number of guanidine groups is 1. The molecule has 0 spiro atoms. The number of nitrogens with zero attached hydrogens (tertiary/aromatic N) is 1. The molecule has 22 heavy (non-hydrogen) atoms. The summed E-state index contributed by atoms with van der Waals surface area (Å²) in [4.78, 5) is 4.20. The van der Waals surface area contributed by atoms with Gasteiger partial charge in [-0.15, -0.1) is 0 Å². The quantitative estimate of drug-likeness (QED) is 0.389. The number of benzene rings is 1. The van der Waals surface area contributed by atoms with Crippen molar-refractivity contribution >= 4 is 5.96 Å². The van der Waals surface area contributed by atoms with Crippen LogP contribution in [0.15, 0.2) is 29.3 Å². The fourth-order valence-corrected chi connectivity index (χ4v) is 1.81. The summed E-state index contributed by atoms with van der Waals surface area (Å²) in [5.74, 6) is 1.63. The van der Waals surface area contributed by atoms with Crippen molar-refractivity contribution in [1.29, 1.82) is 0 Å². The molecular formula is C16H27N3O3. The van der Waals surface area contributed by atoms with E-state index >= 15 is 0 Å². The number of methoxy groups -OCH3 is 2. The monoisotopic (exact) mass is 309 g/mol. The lowest BCUT2D eigenvalue weighted by Gasteiger charge is -2.12. The van der Waals surface area contributed by atoms with E-state index in [0.717, 1.165) is 30.2 Å². The molecule has 0 heterocycles. The molecule has 1 aromatic rings. The van der Waals surface area contributed by atoms with Crippen LogP contribution in [0.2, 0.25) is 0 Å². The van der Waals surface area contributed by atoms with Gasteiger partial charge in [0.1, 0.15) is 5.75 Å². The van der Waals surface area contributed by atoms with E-state index in [-0.39, 0.29) is 0 Å². The largest absolute Gasteiger partial charge is 0.497 e. The summed E-state index contributed by atoms with van der Waals surface area (Å²) in [6.07, 6.45) is 0.920. The topological polar surface area (TPSA) is 64.1 Å². The van der Waals surface area contributed by atoms with E-state index < -0.39 is 0 Å². The average Bonchev–Trinajstić information content (AvgIpc) is 2.57. The van der Waals surface area contributed by atoms with Gasteiger partial charge in [0.15, 0.2) is 5.96 Å². The number of ether oxygens (including phenoxy) is 3. The van der Waals surface area contributed by atoms with Crippen LogP contribution in [0.3, 0.4) is 0 Å². The van der Waals surface area contributed by atoms with Gasteiger partial charge in [-0.2, -0.15) is 0 Å². The number of hydrogen-bond acceptors (Lipinski definition) is 4. The van der Waals surface area contributed by atoms with Crippen molar-refractivity contribution < 1.29 is 14.2 Å². The highest BCUT2D eigenvalue weighted by molar-refractivity contribution is 5.79. The van der Waals surface area contributed by atoms with Gasteiger partial charge in [-0.1, -0.05) is 12.1 Å². The van der Waals surface area contributed by atoms with E-state index in [1.165, 1.54) is 0 Å². The molecule has 2 N–H and O–H groups in total. The lowest BCUT2D eigenvalue weighted by Crippen LogP contribution is -2.37. The minimum absolute atomic E-state index is 0.636. The summed E-state index contributed by atoms with van der Waals surface area (Å²) in [6.45, 7) is 3.49. The summed E-state index contributed by atoms with van der Waals surface area (Å²) >= 11 is 0. The molecule has 0 aromatic heterocycles. The molecule has 0 aliphatic carbocycles. The maximum Gasteiger partial charge on any atom is 0.191 e. The molecule has 6 heteroatoms. The first kappa shape index (κ1) is 18.3. The molecule has 0 atom stereocenters. The lowest BCUT2D eigenvalue weighted by atomic mass is 10.2. The second kappa shape index (κ2) is 11.8. The molecule has 124 valence electrons. The molecular weight excluding hydrogens is 282 g/mol. The van der Waals surface area contributed by atoms with Crippen molar-refractivity contribution in [3.63, 3.8) is 0 Å². The van der Waals surface area contributed by atoms with Crippen molar-refractivity contribution in [1.82, 2.24) is 10.6 Å². The van der Waals surface area contributed by atoms with Gasteiger partial charge in [0, 0.05) is 33.9 Å². The zero-order valence-corrected chi connectivity index (χ0v) is 13.7. The van der Waals surface area contributed by atoms with Crippen molar-refractivity contribution in [3.05, 3.63) is 29.8 Å². The van der Waals surface area contributed by atoms with Crippen molar-refractivity contribution in [3.8, 4) is 5.75 Å². The smallest absolute Gasteiger partial charge is 0.191 e. The van der Waals surface area contributed by atoms with Crippen LogP contribution in [0.25, 0.3) is 0 Å². The third-order valence-corrected chi connectivity index (χ3v) is 3.01. The molecule has 0 bridgehead atoms. The number of nitrogens with one attached hydrogen (secondary N) is 2. The SMILES string of the molecule is CN=C(NCCCOCCOC)NCc1cccc(OC)c1. The first-order valence-electron chi connectivity index (χ1n) is 7.44. The Morgan fingerprint density at radius 1 is 1.14 bits per heavy atom. The van der Waals surface area contributed by atoms with E-state index in [9.17, 15) is 0 Å². The third kappa shape index (κ3) is 7.85. The number of hydrogen-bond donors (Lipinski definition) is 2. The van der Waals surface area contributed by atoms with Crippen molar-refractivity contribution in [2.75, 3.05) is 47.6 Å². The molecule has 0 fully saturated rings. The average molecular weight is 309 g/mol. The van der Waals surface area contributed by atoms with E-state index in [1.54, 1.807) is 21.3 Å². The Labute approximate surface area is 132 Å². The van der Waals surface area contributed by atoms with E-state index in [2.05, 4.69) is 15.6 Å². The zero-order valence-electron chi connectivity index (χ0n) is 13.7. The molecule has 6 nitrogen and oxygen atoms in total. The summed E-state index contributed by atoms with van der Waals surface area (Å²) in [5.41, 5.74) is 1.14. The number of aliphatic imine (C=N–C) groups is 1. The molecule has 0 saturated heterocycles. The van der Waals surface area contributed by atoms with Gasteiger partial charge >= 0.3 is 0 Å². The van der Waals surface area contributed by atoms with E-state index in [4.69, 9.17) is 14.2 Å². The van der Waals surface area contributed by atoms with Crippen LogP contribution < -0.4 is 15.4 Å². The second-order valence-corrected chi connectivity index (χ2v) is 4.66. The van der Waals surface area contributed by atoms with Crippen LogP contribution in [-0.4, -0.2) is 53.6 Å². The van der Waals surface area contributed by atoms with Crippen LogP contribution >= 0.6 is 0 Å². The Morgan fingerprint density at radius 2 is 2.00 bits per heavy atom. The molecule has 0 saturated carbocycles. The van der Waals surface area contributed by atoms with Gasteiger partial charge in [-0.25, -0.2) is 0 Å².